The number of nitrogens with zero attached hydrogens (tertiary/aromatic N) is 1. The Bertz CT molecular complexity index is 982. The standard InChI is InChI=1S/C24H28N4O3/c1-3-25-24(27-15-18-9-11-21(30-2)12-10-18)28-16-19-6-4-7-20(14-19)23(29)26-17-22-8-5-13-31-22/h4-14H,3,15-17H2,1-2H3,(H,26,29)(H2,25,27,28). The molecule has 0 aliphatic carbocycles. The van der Waals surface area contributed by atoms with Gasteiger partial charge in [0, 0.05) is 18.7 Å². The lowest BCUT2D eigenvalue weighted by Crippen LogP contribution is -2.36. The number of carbonyl (C=O) groups excluding carboxylic acids is 1. The molecule has 2 aromatic carbocycles. The summed E-state index contributed by atoms with van der Waals surface area (Å²) in [5.74, 6) is 2.11. The van der Waals surface area contributed by atoms with Gasteiger partial charge in [-0.15, -0.1) is 0 Å². The summed E-state index contributed by atoms with van der Waals surface area (Å²) in [6.45, 7) is 4.23. The predicted octanol–water partition coefficient (Wildman–Crippen LogP) is 3.47. The summed E-state index contributed by atoms with van der Waals surface area (Å²) < 4.78 is 10.4. The fourth-order valence-corrected chi connectivity index (χ4v) is 2.93. The van der Waals surface area contributed by atoms with Crippen LogP contribution in [-0.4, -0.2) is 25.5 Å². The van der Waals surface area contributed by atoms with Crippen LogP contribution in [0.1, 0.15) is 34.2 Å². The molecule has 31 heavy (non-hydrogen) atoms. The molecule has 7 nitrogen and oxygen atoms in total. The summed E-state index contributed by atoms with van der Waals surface area (Å²) in [6, 6.07) is 19.0. The fraction of sp³-hybridized carbons (Fsp3) is 0.250. The average Bonchev–Trinajstić information content (AvgIpc) is 3.33. The van der Waals surface area contributed by atoms with Crippen LogP contribution in [0.5, 0.6) is 5.75 Å². The molecule has 0 atom stereocenters. The zero-order valence-electron chi connectivity index (χ0n) is 17.9. The van der Waals surface area contributed by atoms with E-state index in [-0.39, 0.29) is 5.91 Å². The molecule has 162 valence electrons. The second-order valence-corrected chi connectivity index (χ2v) is 6.86. The molecule has 3 rings (SSSR count). The van der Waals surface area contributed by atoms with Gasteiger partial charge in [-0.25, -0.2) is 4.99 Å². The van der Waals surface area contributed by atoms with Gasteiger partial charge in [-0.2, -0.15) is 0 Å². The molecule has 0 aliphatic heterocycles. The second-order valence-electron chi connectivity index (χ2n) is 6.86. The van der Waals surface area contributed by atoms with Crippen LogP contribution in [0, 0.1) is 0 Å². The van der Waals surface area contributed by atoms with Crippen molar-refractivity contribution in [3.05, 3.63) is 89.4 Å². The predicted molar refractivity (Wildman–Crippen MR) is 121 cm³/mol. The van der Waals surface area contributed by atoms with E-state index in [0.717, 1.165) is 23.4 Å². The zero-order valence-corrected chi connectivity index (χ0v) is 17.9. The normalized spacial score (nSPS) is 11.1. The lowest BCUT2D eigenvalue weighted by Gasteiger charge is -2.12. The highest BCUT2D eigenvalue weighted by Crippen LogP contribution is 2.11. The molecular formula is C24H28N4O3. The van der Waals surface area contributed by atoms with E-state index in [2.05, 4.69) is 20.9 Å². The van der Waals surface area contributed by atoms with Gasteiger partial charge in [0.1, 0.15) is 11.5 Å². The number of rotatable bonds is 9. The summed E-state index contributed by atoms with van der Waals surface area (Å²) >= 11 is 0. The first-order chi connectivity index (χ1) is 15.2. The Balaban J connectivity index is 1.57. The van der Waals surface area contributed by atoms with Gasteiger partial charge in [0.2, 0.25) is 0 Å². The van der Waals surface area contributed by atoms with E-state index in [1.807, 2.05) is 55.5 Å². The quantitative estimate of drug-likeness (QED) is 0.364. The Morgan fingerprint density at radius 1 is 0.968 bits per heavy atom. The number of ether oxygens (including phenoxy) is 1. The van der Waals surface area contributed by atoms with Crippen LogP contribution in [-0.2, 0) is 19.6 Å². The van der Waals surface area contributed by atoms with E-state index in [1.54, 1.807) is 25.5 Å². The molecule has 3 N–H and O–H groups in total. The molecule has 0 aliphatic rings. The number of benzene rings is 2. The second kappa shape index (κ2) is 11.4. The van der Waals surface area contributed by atoms with E-state index in [0.29, 0.717) is 36.9 Å². The van der Waals surface area contributed by atoms with Crippen LogP contribution in [0.15, 0.2) is 76.3 Å². The van der Waals surface area contributed by atoms with Crippen LogP contribution in [0.3, 0.4) is 0 Å². The van der Waals surface area contributed by atoms with Gasteiger partial charge in [0.25, 0.3) is 5.91 Å². The van der Waals surface area contributed by atoms with Crippen LogP contribution in [0.4, 0.5) is 0 Å². The minimum atomic E-state index is -0.147. The van der Waals surface area contributed by atoms with Crippen LogP contribution in [0.25, 0.3) is 0 Å². The van der Waals surface area contributed by atoms with E-state index in [1.165, 1.54) is 0 Å². The molecule has 1 aromatic heterocycles. The highest BCUT2D eigenvalue weighted by Gasteiger charge is 2.07. The van der Waals surface area contributed by atoms with E-state index in [4.69, 9.17) is 9.15 Å². The van der Waals surface area contributed by atoms with Crippen molar-refractivity contribution in [2.45, 2.75) is 26.6 Å². The van der Waals surface area contributed by atoms with Crippen molar-refractivity contribution >= 4 is 11.9 Å². The first kappa shape index (κ1) is 22.0. The van der Waals surface area contributed by atoms with Crippen LogP contribution >= 0.6 is 0 Å². The smallest absolute Gasteiger partial charge is 0.251 e. The molecular weight excluding hydrogens is 392 g/mol. The third kappa shape index (κ3) is 6.92. The average molecular weight is 421 g/mol. The van der Waals surface area contributed by atoms with Crippen molar-refractivity contribution in [1.82, 2.24) is 16.0 Å². The van der Waals surface area contributed by atoms with E-state index >= 15 is 0 Å². The van der Waals surface area contributed by atoms with Crippen molar-refractivity contribution in [3.8, 4) is 5.75 Å². The van der Waals surface area contributed by atoms with Gasteiger partial charge in [-0.05, 0) is 54.4 Å². The molecule has 7 heteroatoms. The summed E-state index contributed by atoms with van der Waals surface area (Å²) in [5, 5.41) is 9.43. The number of furan rings is 1. The molecule has 0 radical (unpaired) electrons. The molecule has 0 bridgehead atoms. The van der Waals surface area contributed by atoms with Crippen molar-refractivity contribution in [1.29, 1.82) is 0 Å². The molecule has 1 amide bonds. The topological polar surface area (TPSA) is 87.9 Å². The minimum Gasteiger partial charge on any atom is -0.497 e. The Hall–Kier alpha value is -3.74. The summed E-state index contributed by atoms with van der Waals surface area (Å²) in [5.41, 5.74) is 2.67. The lowest BCUT2D eigenvalue weighted by atomic mass is 10.1. The number of amides is 1. The van der Waals surface area contributed by atoms with E-state index < -0.39 is 0 Å². The Morgan fingerprint density at radius 3 is 2.52 bits per heavy atom. The van der Waals surface area contributed by atoms with Crippen LogP contribution in [0.2, 0.25) is 0 Å². The molecule has 1 heterocycles. The maximum absolute atomic E-state index is 12.4. The number of guanidine groups is 1. The molecule has 0 fully saturated rings. The number of methoxy groups -OCH3 is 1. The van der Waals surface area contributed by atoms with Crippen molar-refractivity contribution in [3.63, 3.8) is 0 Å². The Labute approximate surface area is 182 Å². The van der Waals surface area contributed by atoms with Crippen LogP contribution < -0.4 is 20.7 Å². The third-order valence-corrected chi connectivity index (χ3v) is 4.58. The molecule has 0 unspecified atom stereocenters. The largest absolute Gasteiger partial charge is 0.497 e. The summed E-state index contributed by atoms with van der Waals surface area (Å²) in [7, 11) is 1.65. The van der Waals surface area contributed by atoms with Crippen molar-refractivity contribution in [2.24, 2.45) is 4.99 Å². The van der Waals surface area contributed by atoms with E-state index in [9.17, 15) is 4.79 Å². The maximum Gasteiger partial charge on any atom is 0.251 e. The number of hydrogen-bond donors (Lipinski definition) is 3. The SMILES string of the molecule is CCNC(=NCc1cccc(C(=O)NCc2ccco2)c1)NCc1ccc(OC)cc1. The Morgan fingerprint density at radius 2 is 1.81 bits per heavy atom. The van der Waals surface area contributed by atoms with Gasteiger partial charge in [0.05, 0.1) is 26.5 Å². The van der Waals surface area contributed by atoms with Gasteiger partial charge >= 0.3 is 0 Å². The van der Waals surface area contributed by atoms with Gasteiger partial charge in [-0.3, -0.25) is 4.79 Å². The molecule has 3 aromatic rings. The fourth-order valence-electron chi connectivity index (χ4n) is 2.93. The molecule has 0 saturated carbocycles. The first-order valence-electron chi connectivity index (χ1n) is 10.2. The number of hydrogen-bond acceptors (Lipinski definition) is 4. The number of carbonyl (C=O) groups is 1. The minimum absolute atomic E-state index is 0.147. The summed E-state index contributed by atoms with van der Waals surface area (Å²) in [4.78, 5) is 17.1. The highest BCUT2D eigenvalue weighted by atomic mass is 16.5. The van der Waals surface area contributed by atoms with Crippen molar-refractivity contribution in [2.75, 3.05) is 13.7 Å². The maximum atomic E-state index is 12.4. The zero-order chi connectivity index (χ0) is 21.9. The number of aliphatic imine (C=N–C) groups is 1. The monoisotopic (exact) mass is 420 g/mol. The Kier molecular flexibility index (Phi) is 8.11. The number of nitrogens with one attached hydrogen (secondary N) is 3. The summed E-state index contributed by atoms with van der Waals surface area (Å²) in [6.07, 6.45) is 1.59. The molecule has 0 saturated heterocycles. The van der Waals surface area contributed by atoms with Gasteiger partial charge < -0.3 is 25.1 Å². The van der Waals surface area contributed by atoms with Gasteiger partial charge in [0.15, 0.2) is 5.96 Å². The molecule has 0 spiro atoms. The van der Waals surface area contributed by atoms with Crippen molar-refractivity contribution < 1.29 is 13.9 Å². The highest BCUT2D eigenvalue weighted by molar-refractivity contribution is 5.94. The first-order valence-corrected chi connectivity index (χ1v) is 10.2. The lowest BCUT2D eigenvalue weighted by molar-refractivity contribution is 0.0948. The third-order valence-electron chi connectivity index (χ3n) is 4.58. The van der Waals surface area contributed by atoms with Gasteiger partial charge in [-0.1, -0.05) is 24.3 Å².